The molecule has 0 saturated carbocycles. The quantitative estimate of drug-likeness (QED) is 0.226. The fourth-order valence-electron chi connectivity index (χ4n) is 3.36. The molecule has 196 valence electrons. The summed E-state index contributed by atoms with van der Waals surface area (Å²) in [6, 6.07) is 11.1. The lowest BCUT2D eigenvalue weighted by atomic mass is 10.2. The van der Waals surface area contributed by atoms with Crippen LogP contribution in [0, 0.1) is 12.8 Å². The Morgan fingerprint density at radius 2 is 1.76 bits per heavy atom. The number of urea groups is 1. The number of terminal acetylenes is 1. The maximum Gasteiger partial charge on any atom is 0.417 e. The highest BCUT2D eigenvalue weighted by molar-refractivity contribution is 6.31. The third kappa shape index (κ3) is 7.02. The number of carbonyl (C=O) groups excluding carboxylic acids is 1. The van der Waals surface area contributed by atoms with Gasteiger partial charge in [0.1, 0.15) is 11.6 Å². The molecule has 0 aliphatic rings. The second kappa shape index (κ2) is 12.6. The minimum absolute atomic E-state index is 0.0489. The van der Waals surface area contributed by atoms with Gasteiger partial charge < -0.3 is 16.0 Å². The molecule has 2 aromatic carbocycles. The van der Waals surface area contributed by atoms with Crippen molar-refractivity contribution in [2.75, 3.05) is 22.5 Å². The van der Waals surface area contributed by atoms with E-state index in [2.05, 4.69) is 43.7 Å². The van der Waals surface area contributed by atoms with Crippen molar-refractivity contribution in [1.82, 2.24) is 19.5 Å². The number of nitrogens with zero attached hydrogens (tertiary/aromatic N) is 4. The van der Waals surface area contributed by atoms with E-state index >= 15 is 0 Å². The molecule has 12 heteroatoms. The number of carbonyl (C=O) groups is 1. The van der Waals surface area contributed by atoms with Crippen molar-refractivity contribution < 1.29 is 18.0 Å². The van der Waals surface area contributed by atoms with Crippen LogP contribution in [0.3, 0.4) is 0 Å². The highest BCUT2D eigenvalue weighted by Crippen LogP contribution is 2.36. The first kappa shape index (κ1) is 28.0. The number of hydrogen-bond acceptors (Lipinski definition) is 5. The van der Waals surface area contributed by atoms with Gasteiger partial charge in [0.05, 0.1) is 10.6 Å². The molecule has 0 aliphatic carbocycles. The van der Waals surface area contributed by atoms with Crippen LogP contribution in [0.25, 0.3) is 17.2 Å². The highest BCUT2D eigenvalue weighted by Gasteiger charge is 2.33. The van der Waals surface area contributed by atoms with Crippen molar-refractivity contribution in [2.45, 2.75) is 19.5 Å². The Morgan fingerprint density at radius 3 is 2.47 bits per heavy atom. The summed E-state index contributed by atoms with van der Waals surface area (Å²) in [7, 11) is 0. The van der Waals surface area contributed by atoms with Crippen molar-refractivity contribution in [3.05, 3.63) is 77.7 Å². The third-order valence-corrected chi connectivity index (χ3v) is 5.30. The van der Waals surface area contributed by atoms with E-state index in [9.17, 15) is 18.0 Å². The number of halogens is 4. The average molecular weight is 542 g/mol. The van der Waals surface area contributed by atoms with E-state index in [1.165, 1.54) is 6.07 Å². The maximum atomic E-state index is 13.1. The third-order valence-electron chi connectivity index (χ3n) is 4.97. The molecule has 2 aromatic heterocycles. The molecule has 0 bridgehead atoms. The van der Waals surface area contributed by atoms with Gasteiger partial charge >= 0.3 is 12.2 Å². The lowest BCUT2D eigenvalue weighted by molar-refractivity contribution is -0.137. The molecule has 3 N–H and O–H groups in total. The van der Waals surface area contributed by atoms with Gasteiger partial charge in [-0.15, -0.1) is 12.8 Å². The van der Waals surface area contributed by atoms with E-state index < -0.39 is 22.8 Å². The van der Waals surface area contributed by atoms with E-state index in [0.29, 0.717) is 28.8 Å². The fraction of sp³-hybridized carbons (Fsp3) is 0.154. The number of rotatable bonds is 7. The second-order valence-electron chi connectivity index (χ2n) is 7.64. The Kier molecular flexibility index (Phi) is 9.29. The van der Waals surface area contributed by atoms with Crippen molar-refractivity contribution in [1.29, 1.82) is 0 Å². The van der Waals surface area contributed by atoms with Gasteiger partial charge in [0, 0.05) is 42.1 Å². The summed E-state index contributed by atoms with van der Waals surface area (Å²) >= 11 is 5.63. The first-order valence-electron chi connectivity index (χ1n) is 11.2. The van der Waals surface area contributed by atoms with Crippen LogP contribution in [0.2, 0.25) is 5.02 Å². The zero-order chi connectivity index (χ0) is 27.7. The van der Waals surface area contributed by atoms with Crippen LogP contribution in [-0.2, 0) is 6.18 Å². The predicted octanol–water partition coefficient (Wildman–Crippen LogP) is 6.72. The van der Waals surface area contributed by atoms with Crippen molar-refractivity contribution >= 4 is 35.0 Å². The molecule has 38 heavy (non-hydrogen) atoms. The molecule has 8 nitrogen and oxygen atoms in total. The SMILES string of the molecule is C#C.CCCNc1nccc(-n2ccnc2-c2cccc(NC(=O)Nc3ccc(Cl)c(C(F)(F)F)c3)c2)n1. The number of alkyl halides is 3. The summed E-state index contributed by atoms with van der Waals surface area (Å²) in [5, 5.41) is 7.70. The summed E-state index contributed by atoms with van der Waals surface area (Å²) < 4.78 is 41.1. The maximum absolute atomic E-state index is 13.1. The molecule has 0 fully saturated rings. The zero-order valence-electron chi connectivity index (χ0n) is 20.1. The van der Waals surface area contributed by atoms with Gasteiger partial charge in [-0.3, -0.25) is 4.57 Å². The number of amides is 2. The van der Waals surface area contributed by atoms with Crippen LogP contribution in [0.5, 0.6) is 0 Å². The lowest BCUT2D eigenvalue weighted by Crippen LogP contribution is -2.20. The molecule has 0 aliphatic heterocycles. The minimum Gasteiger partial charge on any atom is -0.354 e. The van der Waals surface area contributed by atoms with E-state index in [1.54, 1.807) is 47.4 Å². The standard InChI is InChI=1S/C24H21ClF3N7O.C2H2/c1-2-9-30-22-31-10-8-20(34-22)35-12-11-29-21(35)15-4-3-5-16(13-15)32-23(36)33-17-6-7-19(25)18(14-17)24(26,27)28;1-2/h3-8,10-14H,2,9H2,1H3,(H,30,31,34)(H2,32,33,36);1-2H. The Labute approximate surface area is 222 Å². The topological polar surface area (TPSA) is 96.8 Å². The van der Waals surface area contributed by atoms with Gasteiger partial charge in [0.25, 0.3) is 0 Å². The summed E-state index contributed by atoms with van der Waals surface area (Å²) in [4.78, 5) is 25.6. The first-order chi connectivity index (χ1) is 18.2. The summed E-state index contributed by atoms with van der Waals surface area (Å²) in [6.07, 6.45) is 9.32. The molecular weight excluding hydrogens is 519 g/mol. The Bertz CT molecular complexity index is 1420. The van der Waals surface area contributed by atoms with Crippen LogP contribution in [0.15, 0.2) is 67.1 Å². The summed E-state index contributed by atoms with van der Waals surface area (Å²) in [5.74, 6) is 1.68. The molecule has 0 radical (unpaired) electrons. The molecule has 0 unspecified atom stereocenters. The number of aromatic nitrogens is 4. The monoisotopic (exact) mass is 541 g/mol. The predicted molar refractivity (Wildman–Crippen MR) is 142 cm³/mol. The Hall–Kier alpha value is -4.56. The van der Waals surface area contributed by atoms with Crippen LogP contribution in [0.1, 0.15) is 18.9 Å². The Morgan fingerprint density at radius 1 is 1.03 bits per heavy atom. The van der Waals surface area contributed by atoms with Crippen molar-refractivity contribution in [2.24, 2.45) is 0 Å². The van der Waals surface area contributed by atoms with Gasteiger partial charge in [-0.25, -0.2) is 14.8 Å². The summed E-state index contributed by atoms with van der Waals surface area (Å²) in [5.41, 5.74) is 0.0172. The van der Waals surface area contributed by atoms with Gasteiger partial charge in [-0.05, 0) is 42.8 Å². The van der Waals surface area contributed by atoms with E-state index in [0.717, 1.165) is 25.1 Å². The number of benzene rings is 2. The molecular formula is C26H23ClF3N7O. The minimum atomic E-state index is -4.64. The molecule has 0 atom stereocenters. The van der Waals surface area contributed by atoms with Crippen LogP contribution < -0.4 is 16.0 Å². The summed E-state index contributed by atoms with van der Waals surface area (Å²) in [6.45, 7) is 2.78. The second-order valence-corrected chi connectivity index (χ2v) is 8.05. The van der Waals surface area contributed by atoms with Gasteiger partial charge in [-0.1, -0.05) is 30.7 Å². The smallest absolute Gasteiger partial charge is 0.354 e. The molecule has 2 heterocycles. The molecule has 0 spiro atoms. The van der Waals surface area contributed by atoms with E-state index in [4.69, 9.17) is 11.6 Å². The molecule has 2 amide bonds. The normalized spacial score (nSPS) is 10.7. The van der Waals surface area contributed by atoms with Gasteiger partial charge in [0.15, 0.2) is 0 Å². The van der Waals surface area contributed by atoms with E-state index in [-0.39, 0.29) is 5.69 Å². The van der Waals surface area contributed by atoms with E-state index in [1.807, 2.05) is 13.0 Å². The number of hydrogen-bond donors (Lipinski definition) is 3. The number of imidazole rings is 1. The molecule has 4 aromatic rings. The van der Waals surface area contributed by atoms with Crippen molar-refractivity contribution in [3.8, 4) is 30.1 Å². The number of anilines is 3. The van der Waals surface area contributed by atoms with Crippen LogP contribution in [0.4, 0.5) is 35.3 Å². The molecule has 0 saturated heterocycles. The molecule has 4 rings (SSSR count). The first-order valence-corrected chi connectivity index (χ1v) is 11.6. The van der Waals surface area contributed by atoms with Crippen LogP contribution >= 0.6 is 11.6 Å². The van der Waals surface area contributed by atoms with Gasteiger partial charge in [0.2, 0.25) is 5.95 Å². The average Bonchev–Trinajstić information content (AvgIpc) is 3.40. The van der Waals surface area contributed by atoms with Crippen LogP contribution in [-0.4, -0.2) is 32.1 Å². The zero-order valence-corrected chi connectivity index (χ0v) is 20.9. The Balaban J connectivity index is 0.00000195. The number of nitrogens with one attached hydrogen (secondary N) is 3. The largest absolute Gasteiger partial charge is 0.417 e. The van der Waals surface area contributed by atoms with Gasteiger partial charge in [-0.2, -0.15) is 18.2 Å². The highest BCUT2D eigenvalue weighted by atomic mass is 35.5. The lowest BCUT2D eigenvalue weighted by Gasteiger charge is -2.13. The fourth-order valence-corrected chi connectivity index (χ4v) is 3.58. The van der Waals surface area contributed by atoms with Crippen molar-refractivity contribution in [3.63, 3.8) is 0 Å².